The van der Waals surface area contributed by atoms with Gasteiger partial charge < -0.3 is 15.1 Å². The first kappa shape index (κ1) is 15.1. The summed E-state index contributed by atoms with van der Waals surface area (Å²) in [5.74, 6) is 1.42. The summed E-state index contributed by atoms with van der Waals surface area (Å²) in [6.45, 7) is 5.65. The Morgan fingerprint density at radius 3 is 2.67 bits per heavy atom. The van der Waals surface area contributed by atoms with Crippen molar-refractivity contribution >= 4 is 5.96 Å². The van der Waals surface area contributed by atoms with Gasteiger partial charge in [-0.05, 0) is 25.5 Å². The van der Waals surface area contributed by atoms with Crippen LogP contribution in [-0.2, 0) is 6.54 Å². The van der Waals surface area contributed by atoms with Gasteiger partial charge in [-0.25, -0.2) is 4.98 Å². The second-order valence-corrected chi connectivity index (χ2v) is 4.86. The molecule has 1 aromatic carbocycles. The Morgan fingerprint density at radius 2 is 2.00 bits per heavy atom. The van der Waals surface area contributed by atoms with Crippen LogP contribution in [0.2, 0.25) is 0 Å². The maximum absolute atomic E-state index is 5.53. The highest BCUT2D eigenvalue weighted by Gasteiger charge is 2.07. The highest BCUT2D eigenvalue weighted by atomic mass is 16.3. The lowest BCUT2D eigenvalue weighted by Crippen LogP contribution is -2.37. The van der Waals surface area contributed by atoms with Crippen molar-refractivity contribution in [2.45, 2.75) is 26.8 Å². The molecule has 1 heterocycles. The van der Waals surface area contributed by atoms with Crippen molar-refractivity contribution in [1.29, 1.82) is 0 Å². The summed E-state index contributed by atoms with van der Waals surface area (Å²) in [6, 6.07) is 8.13. The maximum atomic E-state index is 5.53. The Hall–Kier alpha value is -2.30. The molecule has 1 aromatic heterocycles. The van der Waals surface area contributed by atoms with Gasteiger partial charge in [0.2, 0.25) is 5.89 Å². The van der Waals surface area contributed by atoms with Crippen LogP contribution in [0.15, 0.2) is 39.9 Å². The molecular formula is C16H22N4O. The van der Waals surface area contributed by atoms with E-state index in [1.54, 1.807) is 13.3 Å². The number of aromatic nitrogens is 1. The van der Waals surface area contributed by atoms with E-state index in [1.165, 1.54) is 5.56 Å². The summed E-state index contributed by atoms with van der Waals surface area (Å²) >= 11 is 0. The van der Waals surface area contributed by atoms with Gasteiger partial charge in [-0.1, -0.05) is 24.6 Å². The predicted molar refractivity (Wildman–Crippen MR) is 85.2 cm³/mol. The van der Waals surface area contributed by atoms with Gasteiger partial charge in [-0.2, -0.15) is 0 Å². The molecule has 0 saturated heterocycles. The molecule has 0 bridgehead atoms. The zero-order valence-corrected chi connectivity index (χ0v) is 12.8. The third kappa shape index (κ3) is 4.34. The SMILES string of the molecule is CCCNC(=NC)NCc1coc(-c2ccc(C)cc2)n1. The third-order valence-electron chi connectivity index (χ3n) is 3.05. The monoisotopic (exact) mass is 286 g/mol. The van der Waals surface area contributed by atoms with E-state index in [1.807, 2.05) is 24.3 Å². The van der Waals surface area contributed by atoms with Crippen LogP contribution in [0.25, 0.3) is 11.5 Å². The molecule has 21 heavy (non-hydrogen) atoms. The smallest absolute Gasteiger partial charge is 0.226 e. The average molecular weight is 286 g/mol. The van der Waals surface area contributed by atoms with E-state index in [4.69, 9.17) is 4.42 Å². The summed E-state index contributed by atoms with van der Waals surface area (Å²) < 4.78 is 5.53. The molecule has 0 fully saturated rings. The molecule has 0 radical (unpaired) electrons. The fraction of sp³-hybridized carbons (Fsp3) is 0.375. The summed E-state index contributed by atoms with van der Waals surface area (Å²) in [7, 11) is 1.76. The second kappa shape index (κ2) is 7.47. The van der Waals surface area contributed by atoms with Crippen molar-refractivity contribution in [3.05, 3.63) is 41.8 Å². The summed E-state index contributed by atoms with van der Waals surface area (Å²) in [4.78, 5) is 8.64. The lowest BCUT2D eigenvalue weighted by Gasteiger charge is -2.09. The zero-order valence-electron chi connectivity index (χ0n) is 12.8. The van der Waals surface area contributed by atoms with Gasteiger partial charge in [0, 0.05) is 19.2 Å². The third-order valence-corrected chi connectivity index (χ3v) is 3.05. The van der Waals surface area contributed by atoms with Crippen molar-refractivity contribution in [3.63, 3.8) is 0 Å². The molecule has 0 aliphatic carbocycles. The van der Waals surface area contributed by atoms with E-state index in [0.29, 0.717) is 12.4 Å². The summed E-state index contributed by atoms with van der Waals surface area (Å²) in [5, 5.41) is 6.43. The Morgan fingerprint density at radius 1 is 1.24 bits per heavy atom. The lowest BCUT2D eigenvalue weighted by molar-refractivity contribution is 0.572. The van der Waals surface area contributed by atoms with Gasteiger partial charge in [0.25, 0.3) is 0 Å². The van der Waals surface area contributed by atoms with Gasteiger partial charge in [0.05, 0.1) is 12.2 Å². The van der Waals surface area contributed by atoms with Crippen molar-refractivity contribution in [2.24, 2.45) is 4.99 Å². The summed E-state index contributed by atoms with van der Waals surface area (Å²) in [5.41, 5.74) is 3.06. The minimum atomic E-state index is 0.582. The first-order valence-electron chi connectivity index (χ1n) is 7.19. The van der Waals surface area contributed by atoms with Crippen molar-refractivity contribution in [2.75, 3.05) is 13.6 Å². The minimum absolute atomic E-state index is 0.582. The number of aryl methyl sites for hydroxylation is 1. The Labute approximate surface area is 125 Å². The van der Waals surface area contributed by atoms with Crippen LogP contribution in [0.5, 0.6) is 0 Å². The fourth-order valence-corrected chi connectivity index (χ4v) is 1.86. The number of guanidine groups is 1. The molecule has 0 atom stereocenters. The largest absolute Gasteiger partial charge is 0.444 e. The number of aliphatic imine (C=N–C) groups is 1. The number of nitrogens with zero attached hydrogens (tertiary/aromatic N) is 2. The lowest BCUT2D eigenvalue weighted by atomic mass is 10.1. The highest BCUT2D eigenvalue weighted by molar-refractivity contribution is 5.79. The first-order valence-corrected chi connectivity index (χ1v) is 7.19. The minimum Gasteiger partial charge on any atom is -0.444 e. The molecule has 0 unspecified atom stereocenters. The van der Waals surface area contributed by atoms with Gasteiger partial charge in [0.15, 0.2) is 5.96 Å². The van der Waals surface area contributed by atoms with Crippen LogP contribution in [-0.4, -0.2) is 24.5 Å². The Bertz CT molecular complexity index is 587. The quantitative estimate of drug-likeness (QED) is 0.655. The number of oxazole rings is 1. The molecule has 2 rings (SSSR count). The maximum Gasteiger partial charge on any atom is 0.226 e. The molecule has 0 spiro atoms. The van der Waals surface area contributed by atoms with Crippen molar-refractivity contribution in [3.8, 4) is 11.5 Å². The van der Waals surface area contributed by atoms with Gasteiger partial charge in [-0.3, -0.25) is 4.99 Å². The van der Waals surface area contributed by atoms with Crippen LogP contribution in [0.1, 0.15) is 24.6 Å². The Kier molecular flexibility index (Phi) is 5.37. The van der Waals surface area contributed by atoms with Gasteiger partial charge in [0.1, 0.15) is 6.26 Å². The number of nitrogens with one attached hydrogen (secondary N) is 2. The number of rotatable bonds is 5. The molecule has 5 heteroatoms. The van der Waals surface area contributed by atoms with Crippen LogP contribution >= 0.6 is 0 Å². The molecule has 5 nitrogen and oxygen atoms in total. The van der Waals surface area contributed by atoms with Crippen LogP contribution < -0.4 is 10.6 Å². The first-order chi connectivity index (χ1) is 10.2. The van der Waals surface area contributed by atoms with Crippen LogP contribution in [0, 0.1) is 6.92 Å². The average Bonchev–Trinajstić information content (AvgIpc) is 2.97. The van der Waals surface area contributed by atoms with E-state index >= 15 is 0 Å². The van der Waals surface area contributed by atoms with E-state index in [2.05, 4.69) is 34.5 Å². The van der Waals surface area contributed by atoms with E-state index in [9.17, 15) is 0 Å². The topological polar surface area (TPSA) is 62.5 Å². The van der Waals surface area contributed by atoms with Gasteiger partial charge in [-0.15, -0.1) is 0 Å². The molecule has 0 aliphatic heterocycles. The highest BCUT2D eigenvalue weighted by Crippen LogP contribution is 2.18. The van der Waals surface area contributed by atoms with E-state index < -0.39 is 0 Å². The zero-order chi connectivity index (χ0) is 15.1. The standard InChI is InChI=1S/C16H22N4O/c1-4-9-18-16(17-3)19-10-14-11-21-15(20-14)13-7-5-12(2)6-8-13/h5-8,11H,4,9-10H2,1-3H3,(H2,17,18,19). The van der Waals surface area contributed by atoms with Crippen LogP contribution in [0.3, 0.4) is 0 Å². The van der Waals surface area contributed by atoms with E-state index in [0.717, 1.165) is 30.2 Å². The number of hydrogen-bond donors (Lipinski definition) is 2. The molecule has 0 saturated carbocycles. The molecule has 2 aromatic rings. The van der Waals surface area contributed by atoms with Crippen LogP contribution in [0.4, 0.5) is 0 Å². The summed E-state index contributed by atoms with van der Waals surface area (Å²) in [6.07, 6.45) is 2.73. The molecule has 0 amide bonds. The normalized spacial score (nSPS) is 11.5. The Balaban J connectivity index is 1.95. The second-order valence-electron chi connectivity index (χ2n) is 4.86. The number of hydrogen-bond acceptors (Lipinski definition) is 3. The van der Waals surface area contributed by atoms with Gasteiger partial charge >= 0.3 is 0 Å². The van der Waals surface area contributed by atoms with Crippen molar-refractivity contribution < 1.29 is 4.42 Å². The van der Waals surface area contributed by atoms with E-state index in [-0.39, 0.29) is 0 Å². The molecular weight excluding hydrogens is 264 g/mol. The molecule has 2 N–H and O–H groups in total. The fourth-order valence-electron chi connectivity index (χ4n) is 1.86. The molecule has 0 aliphatic rings. The number of benzene rings is 1. The van der Waals surface area contributed by atoms with Crippen molar-refractivity contribution in [1.82, 2.24) is 15.6 Å². The molecule has 112 valence electrons. The predicted octanol–water partition coefficient (Wildman–Crippen LogP) is 2.73.